The maximum absolute atomic E-state index is 13.5. The Hall–Kier alpha value is -1.81. The molecule has 0 amide bonds. The van der Waals surface area contributed by atoms with Crippen molar-refractivity contribution in [2.45, 2.75) is 13.0 Å². The van der Waals surface area contributed by atoms with Crippen molar-refractivity contribution in [3.05, 3.63) is 58.6 Å². The molecule has 0 saturated heterocycles. The minimum Gasteiger partial charge on any atom is -0.395 e. The first-order valence-corrected chi connectivity index (χ1v) is 6.50. The Morgan fingerprint density at radius 1 is 1.20 bits per heavy atom. The number of nitrogens with zero attached hydrogens (tertiary/aromatic N) is 1. The van der Waals surface area contributed by atoms with Gasteiger partial charge in [0.2, 0.25) is 0 Å². The zero-order valence-corrected chi connectivity index (χ0v) is 12.0. The molecule has 106 valence electrons. The summed E-state index contributed by atoms with van der Waals surface area (Å²) in [5.41, 5.74) is 6.87. The van der Waals surface area contributed by atoms with Crippen LogP contribution in [-0.4, -0.2) is 7.05 Å². The van der Waals surface area contributed by atoms with Crippen LogP contribution in [0.15, 0.2) is 36.4 Å². The smallest absolute Gasteiger partial charge is 0.151 e. The van der Waals surface area contributed by atoms with Crippen molar-refractivity contribution >= 4 is 23.0 Å². The van der Waals surface area contributed by atoms with Gasteiger partial charge in [0.1, 0.15) is 5.82 Å². The summed E-state index contributed by atoms with van der Waals surface area (Å²) in [5, 5.41) is 0.612. The number of nitrogen functional groups attached to an aromatic ring is 1. The summed E-state index contributed by atoms with van der Waals surface area (Å²) in [6.07, 6.45) is 0. The summed E-state index contributed by atoms with van der Waals surface area (Å²) in [5.74, 6) is -1.41. The molecule has 2 rings (SSSR count). The highest BCUT2D eigenvalue weighted by molar-refractivity contribution is 6.30. The van der Waals surface area contributed by atoms with Crippen LogP contribution in [0.5, 0.6) is 0 Å². The van der Waals surface area contributed by atoms with Crippen LogP contribution in [0.1, 0.15) is 18.5 Å². The summed E-state index contributed by atoms with van der Waals surface area (Å²) in [6.45, 7) is 1.91. The van der Waals surface area contributed by atoms with Crippen LogP contribution < -0.4 is 10.6 Å². The molecule has 2 aromatic rings. The minimum absolute atomic E-state index is 0.0669. The van der Waals surface area contributed by atoms with E-state index in [9.17, 15) is 8.78 Å². The van der Waals surface area contributed by atoms with Gasteiger partial charge >= 0.3 is 0 Å². The molecule has 1 atom stereocenters. The Kier molecular flexibility index (Phi) is 4.14. The lowest BCUT2D eigenvalue weighted by Gasteiger charge is -2.28. The van der Waals surface area contributed by atoms with E-state index >= 15 is 0 Å². The van der Waals surface area contributed by atoms with Crippen LogP contribution in [0, 0.1) is 11.6 Å². The number of anilines is 2. The summed E-state index contributed by atoms with van der Waals surface area (Å²) in [7, 11) is 1.73. The van der Waals surface area contributed by atoms with Gasteiger partial charge in [-0.3, -0.25) is 0 Å². The van der Waals surface area contributed by atoms with E-state index in [0.717, 1.165) is 11.6 Å². The molecule has 0 aliphatic heterocycles. The van der Waals surface area contributed by atoms with Crippen molar-refractivity contribution in [3.63, 3.8) is 0 Å². The molecular formula is C15H15ClF2N2. The third kappa shape index (κ3) is 2.85. The molecule has 0 fully saturated rings. The number of benzene rings is 2. The van der Waals surface area contributed by atoms with Crippen molar-refractivity contribution < 1.29 is 8.78 Å². The van der Waals surface area contributed by atoms with Gasteiger partial charge in [0, 0.05) is 18.1 Å². The molecule has 0 saturated carbocycles. The predicted octanol–water partition coefficient (Wildman–Crippen LogP) is 4.40. The molecule has 0 aliphatic carbocycles. The van der Waals surface area contributed by atoms with Crippen LogP contribution in [0.2, 0.25) is 5.02 Å². The highest BCUT2D eigenvalue weighted by Gasteiger charge is 2.18. The Bertz CT molecular complexity index is 631. The van der Waals surface area contributed by atoms with Crippen LogP contribution >= 0.6 is 11.6 Å². The van der Waals surface area contributed by atoms with Gasteiger partial charge in [0.05, 0.1) is 17.4 Å². The lowest BCUT2D eigenvalue weighted by atomic mass is 10.1. The largest absolute Gasteiger partial charge is 0.395 e. The lowest BCUT2D eigenvalue weighted by molar-refractivity contribution is 0.584. The molecule has 0 spiro atoms. The Labute approximate surface area is 121 Å². The maximum Gasteiger partial charge on any atom is 0.151 e. The normalized spacial score (nSPS) is 12.2. The number of hydrogen-bond acceptors (Lipinski definition) is 2. The quantitative estimate of drug-likeness (QED) is 0.851. The average Bonchev–Trinajstić information content (AvgIpc) is 2.41. The topological polar surface area (TPSA) is 29.3 Å². The van der Waals surface area contributed by atoms with Crippen molar-refractivity contribution in [1.29, 1.82) is 0 Å². The van der Waals surface area contributed by atoms with Crippen molar-refractivity contribution in [3.8, 4) is 0 Å². The highest BCUT2D eigenvalue weighted by atomic mass is 35.5. The average molecular weight is 297 g/mol. The molecule has 0 bridgehead atoms. The van der Waals surface area contributed by atoms with Gasteiger partial charge in [-0.25, -0.2) is 8.78 Å². The summed E-state index contributed by atoms with van der Waals surface area (Å²) >= 11 is 5.96. The van der Waals surface area contributed by atoms with Gasteiger partial charge in [-0.2, -0.15) is 0 Å². The molecule has 2 N–H and O–H groups in total. The van der Waals surface area contributed by atoms with Crippen LogP contribution in [-0.2, 0) is 0 Å². The fourth-order valence-electron chi connectivity index (χ4n) is 2.06. The monoisotopic (exact) mass is 296 g/mol. The van der Waals surface area contributed by atoms with Gasteiger partial charge in [0.25, 0.3) is 0 Å². The molecular weight excluding hydrogens is 282 g/mol. The molecule has 0 heterocycles. The van der Waals surface area contributed by atoms with Crippen LogP contribution in [0.4, 0.5) is 20.2 Å². The van der Waals surface area contributed by atoms with E-state index in [1.165, 1.54) is 6.07 Å². The first-order valence-electron chi connectivity index (χ1n) is 6.13. The molecule has 0 aromatic heterocycles. The summed E-state index contributed by atoms with van der Waals surface area (Å²) in [4.78, 5) is 1.72. The van der Waals surface area contributed by atoms with Gasteiger partial charge in [0.15, 0.2) is 5.82 Å². The number of rotatable bonds is 3. The Morgan fingerprint density at radius 3 is 2.55 bits per heavy atom. The molecule has 20 heavy (non-hydrogen) atoms. The van der Waals surface area contributed by atoms with Gasteiger partial charge in [-0.15, -0.1) is 0 Å². The first-order chi connectivity index (χ1) is 9.40. The second-order valence-electron chi connectivity index (χ2n) is 4.66. The SMILES string of the molecule is CC(c1cccc(Cl)c1)N(C)c1cc(F)cc(F)c1N. The molecule has 5 heteroatoms. The molecule has 0 aliphatic rings. The maximum atomic E-state index is 13.5. The van der Waals surface area contributed by atoms with Crippen molar-refractivity contribution in [2.75, 3.05) is 17.7 Å². The van der Waals surface area contributed by atoms with E-state index < -0.39 is 11.6 Å². The third-order valence-corrected chi connectivity index (χ3v) is 3.60. The van der Waals surface area contributed by atoms with Crippen LogP contribution in [0.25, 0.3) is 0 Å². The zero-order chi connectivity index (χ0) is 14.9. The minimum atomic E-state index is -0.759. The lowest BCUT2D eigenvalue weighted by Crippen LogP contribution is -2.23. The Balaban J connectivity index is 2.38. The highest BCUT2D eigenvalue weighted by Crippen LogP contribution is 2.32. The third-order valence-electron chi connectivity index (χ3n) is 3.36. The van der Waals surface area contributed by atoms with E-state index in [1.54, 1.807) is 18.0 Å². The first kappa shape index (κ1) is 14.6. The molecule has 2 aromatic carbocycles. The van der Waals surface area contributed by atoms with Crippen molar-refractivity contribution in [1.82, 2.24) is 0 Å². The van der Waals surface area contributed by atoms with E-state index in [4.69, 9.17) is 17.3 Å². The van der Waals surface area contributed by atoms with E-state index in [2.05, 4.69) is 0 Å². The summed E-state index contributed by atoms with van der Waals surface area (Å²) in [6, 6.07) is 9.19. The van der Waals surface area contributed by atoms with E-state index in [-0.39, 0.29) is 11.7 Å². The second-order valence-corrected chi connectivity index (χ2v) is 5.10. The number of nitrogens with two attached hydrogens (primary N) is 1. The number of hydrogen-bond donors (Lipinski definition) is 1. The molecule has 1 unspecified atom stereocenters. The second kappa shape index (κ2) is 5.67. The standard InChI is InChI=1S/C15H15ClF2N2/c1-9(10-4-3-5-11(16)6-10)20(2)14-8-12(17)7-13(18)15(14)19/h3-9H,19H2,1-2H3. The molecule has 0 radical (unpaired) electrons. The van der Waals surface area contributed by atoms with Crippen molar-refractivity contribution in [2.24, 2.45) is 0 Å². The van der Waals surface area contributed by atoms with E-state index in [0.29, 0.717) is 10.7 Å². The van der Waals surface area contributed by atoms with Gasteiger partial charge < -0.3 is 10.6 Å². The fourth-order valence-corrected chi connectivity index (χ4v) is 2.26. The van der Waals surface area contributed by atoms with E-state index in [1.807, 2.05) is 25.1 Å². The summed E-state index contributed by atoms with van der Waals surface area (Å²) < 4.78 is 26.9. The van der Waals surface area contributed by atoms with Crippen LogP contribution in [0.3, 0.4) is 0 Å². The zero-order valence-electron chi connectivity index (χ0n) is 11.2. The molecule has 2 nitrogen and oxygen atoms in total. The predicted molar refractivity (Wildman–Crippen MR) is 79.0 cm³/mol. The van der Waals surface area contributed by atoms with Gasteiger partial charge in [-0.05, 0) is 30.7 Å². The fraction of sp³-hybridized carbons (Fsp3) is 0.200. The van der Waals surface area contributed by atoms with Gasteiger partial charge in [-0.1, -0.05) is 23.7 Å². The number of halogens is 3. The Morgan fingerprint density at radius 2 is 1.90 bits per heavy atom.